The van der Waals surface area contributed by atoms with Crippen molar-refractivity contribution >= 4 is 11.3 Å². The van der Waals surface area contributed by atoms with E-state index in [9.17, 15) is 9.18 Å². The van der Waals surface area contributed by atoms with Crippen LogP contribution in [0.5, 0.6) is 0 Å². The lowest BCUT2D eigenvalue weighted by Gasteiger charge is -2.28. The fraction of sp³-hybridized carbons (Fsp3) is 0.625. The monoisotopic (exact) mass is 498 g/mol. The number of anilines is 1. The van der Waals surface area contributed by atoms with Gasteiger partial charge in [-0.3, -0.25) is 9.69 Å². The molecule has 0 spiro atoms. The summed E-state index contributed by atoms with van der Waals surface area (Å²) in [6.07, 6.45) is 4.62. The Labute approximate surface area is 207 Å². The molecule has 6 heterocycles. The third-order valence-corrected chi connectivity index (χ3v) is 7.52. The average molecular weight is 499 g/mol. The van der Waals surface area contributed by atoms with E-state index >= 15 is 0 Å². The normalized spacial score (nSPS) is 24.1. The van der Waals surface area contributed by atoms with Crippen LogP contribution in [-0.4, -0.2) is 87.1 Å². The van der Waals surface area contributed by atoms with E-state index in [-0.39, 0.29) is 23.3 Å². The van der Waals surface area contributed by atoms with Crippen molar-refractivity contribution < 1.29 is 13.9 Å². The van der Waals surface area contributed by atoms with Gasteiger partial charge in [0.05, 0.1) is 32.2 Å². The predicted octanol–water partition coefficient (Wildman–Crippen LogP) is 1.31. The molecular weight excluding hydrogens is 467 g/mol. The zero-order valence-electron chi connectivity index (χ0n) is 20.4. The molecular formula is C24H31FN8O3. The first-order valence-electron chi connectivity index (χ1n) is 12.7. The summed E-state index contributed by atoms with van der Waals surface area (Å²) >= 11 is 0. The van der Waals surface area contributed by atoms with E-state index in [0.29, 0.717) is 75.6 Å². The van der Waals surface area contributed by atoms with Crippen LogP contribution in [0.1, 0.15) is 49.1 Å². The number of hydrogen-bond donors (Lipinski definition) is 1. The van der Waals surface area contributed by atoms with Gasteiger partial charge in [-0.15, -0.1) is 0 Å². The maximum Gasteiger partial charge on any atom is 0.276 e. The van der Waals surface area contributed by atoms with E-state index < -0.39 is 5.82 Å². The van der Waals surface area contributed by atoms with E-state index in [1.807, 2.05) is 4.90 Å². The minimum Gasteiger partial charge on any atom is -0.381 e. The van der Waals surface area contributed by atoms with Gasteiger partial charge in [0, 0.05) is 51.2 Å². The molecule has 2 atom stereocenters. The first-order valence-corrected chi connectivity index (χ1v) is 12.7. The molecule has 192 valence electrons. The Morgan fingerprint density at radius 2 is 1.86 bits per heavy atom. The SMILES string of the molecule is CC1CN(Cc2ncc(F)c(N3CCOCC3)n2)CC1c1nn2c(C3CCOCC3)ncc2c(=O)[nH]1. The topological polar surface area (TPSA) is 114 Å². The number of aromatic nitrogens is 6. The number of H-pyrrole nitrogens is 1. The van der Waals surface area contributed by atoms with Gasteiger partial charge in [0.15, 0.2) is 17.2 Å². The van der Waals surface area contributed by atoms with E-state index in [2.05, 4.69) is 31.8 Å². The molecule has 11 nitrogen and oxygen atoms in total. The molecule has 3 fully saturated rings. The fourth-order valence-corrected chi connectivity index (χ4v) is 5.55. The van der Waals surface area contributed by atoms with E-state index in [1.165, 1.54) is 6.20 Å². The maximum absolute atomic E-state index is 14.4. The van der Waals surface area contributed by atoms with Crippen molar-refractivity contribution in [1.29, 1.82) is 0 Å². The molecule has 3 aliphatic rings. The first-order chi connectivity index (χ1) is 17.6. The van der Waals surface area contributed by atoms with Crippen LogP contribution < -0.4 is 10.5 Å². The predicted molar refractivity (Wildman–Crippen MR) is 129 cm³/mol. The molecule has 12 heteroatoms. The number of imidazole rings is 1. The zero-order chi connectivity index (χ0) is 24.6. The lowest BCUT2D eigenvalue weighted by Crippen LogP contribution is -2.37. The number of nitrogens with zero attached hydrogens (tertiary/aromatic N) is 7. The number of fused-ring (bicyclic) bond motifs is 1. The van der Waals surface area contributed by atoms with Crippen LogP contribution in [0.15, 0.2) is 17.2 Å². The summed E-state index contributed by atoms with van der Waals surface area (Å²) in [4.78, 5) is 33.4. The summed E-state index contributed by atoms with van der Waals surface area (Å²) < 4.78 is 27.0. The van der Waals surface area contributed by atoms with Crippen LogP contribution in [-0.2, 0) is 16.0 Å². The van der Waals surface area contributed by atoms with Gasteiger partial charge in [0.2, 0.25) is 0 Å². The van der Waals surface area contributed by atoms with Gasteiger partial charge in [-0.25, -0.2) is 23.9 Å². The Hall–Kier alpha value is -2.96. The highest BCUT2D eigenvalue weighted by Gasteiger charge is 2.34. The van der Waals surface area contributed by atoms with Crippen LogP contribution in [0.3, 0.4) is 0 Å². The van der Waals surface area contributed by atoms with Gasteiger partial charge < -0.3 is 19.4 Å². The summed E-state index contributed by atoms with van der Waals surface area (Å²) in [7, 11) is 0. The number of likely N-dealkylation sites (tertiary alicyclic amines) is 1. The highest BCUT2D eigenvalue weighted by molar-refractivity contribution is 5.43. The Morgan fingerprint density at radius 3 is 2.67 bits per heavy atom. The first kappa shape index (κ1) is 23.4. The number of nitrogens with one attached hydrogen (secondary N) is 1. The van der Waals surface area contributed by atoms with Crippen LogP contribution >= 0.6 is 0 Å². The highest BCUT2D eigenvalue weighted by atomic mass is 19.1. The molecule has 0 aromatic carbocycles. The smallest absolute Gasteiger partial charge is 0.276 e. The van der Waals surface area contributed by atoms with Gasteiger partial charge in [-0.2, -0.15) is 5.10 Å². The summed E-state index contributed by atoms with van der Waals surface area (Å²) in [5.41, 5.74) is 0.298. The summed E-state index contributed by atoms with van der Waals surface area (Å²) in [5, 5.41) is 4.86. The van der Waals surface area contributed by atoms with Crippen LogP contribution in [0.25, 0.3) is 5.52 Å². The van der Waals surface area contributed by atoms with Gasteiger partial charge in [0.25, 0.3) is 5.56 Å². The third-order valence-electron chi connectivity index (χ3n) is 7.52. The molecule has 0 amide bonds. The van der Waals surface area contributed by atoms with Crippen molar-refractivity contribution in [2.24, 2.45) is 5.92 Å². The lowest BCUT2D eigenvalue weighted by atomic mass is 9.97. The van der Waals surface area contributed by atoms with Gasteiger partial charge in [-0.05, 0) is 18.8 Å². The zero-order valence-corrected chi connectivity index (χ0v) is 20.4. The van der Waals surface area contributed by atoms with Crippen molar-refractivity contribution in [3.63, 3.8) is 0 Å². The largest absolute Gasteiger partial charge is 0.381 e. The van der Waals surface area contributed by atoms with E-state index in [0.717, 1.165) is 25.2 Å². The minimum atomic E-state index is -0.413. The second-order valence-electron chi connectivity index (χ2n) is 9.97. The van der Waals surface area contributed by atoms with Crippen molar-refractivity contribution in [1.82, 2.24) is 34.4 Å². The molecule has 1 N–H and O–H groups in total. The number of ether oxygens (including phenoxy) is 2. The van der Waals surface area contributed by atoms with Gasteiger partial charge in [-0.1, -0.05) is 6.92 Å². The molecule has 0 radical (unpaired) electrons. The number of rotatable bonds is 5. The van der Waals surface area contributed by atoms with Crippen molar-refractivity contribution in [2.75, 3.05) is 57.5 Å². The Kier molecular flexibility index (Phi) is 6.40. The standard InChI is InChI=1S/C24H31FN8O3/c1-15-12-31(14-20-26-10-18(25)23(28-20)32-4-8-36-9-5-32)13-17(15)21-29-24(34)19-11-27-22(33(19)30-21)16-2-6-35-7-3-16/h10-11,15-17H,2-9,12-14H2,1H3,(H,29,30,34). The van der Waals surface area contributed by atoms with Crippen molar-refractivity contribution in [3.8, 4) is 0 Å². The molecule has 3 saturated heterocycles. The quantitative estimate of drug-likeness (QED) is 0.556. The second kappa shape index (κ2) is 9.83. The Morgan fingerprint density at radius 1 is 1.08 bits per heavy atom. The molecule has 2 unspecified atom stereocenters. The van der Waals surface area contributed by atoms with E-state index in [4.69, 9.17) is 14.6 Å². The maximum atomic E-state index is 14.4. The van der Waals surface area contributed by atoms with Crippen LogP contribution in [0.4, 0.5) is 10.2 Å². The molecule has 0 bridgehead atoms. The van der Waals surface area contributed by atoms with Crippen LogP contribution in [0, 0.1) is 11.7 Å². The van der Waals surface area contributed by atoms with E-state index in [1.54, 1.807) is 10.7 Å². The molecule has 3 aliphatic heterocycles. The van der Waals surface area contributed by atoms with Crippen LogP contribution in [0.2, 0.25) is 0 Å². The number of morpholine rings is 1. The summed E-state index contributed by atoms with van der Waals surface area (Å²) in [6, 6.07) is 0. The molecule has 3 aromatic heterocycles. The number of hydrogen-bond acceptors (Lipinski definition) is 9. The van der Waals surface area contributed by atoms with Gasteiger partial charge >= 0.3 is 0 Å². The molecule has 0 aliphatic carbocycles. The average Bonchev–Trinajstić information content (AvgIpc) is 3.50. The molecule has 6 rings (SSSR count). The number of aromatic amines is 1. The Balaban J connectivity index is 1.21. The molecule has 0 saturated carbocycles. The minimum absolute atomic E-state index is 0.0474. The third kappa shape index (κ3) is 4.48. The second-order valence-corrected chi connectivity index (χ2v) is 9.97. The fourth-order valence-electron chi connectivity index (χ4n) is 5.55. The number of halogens is 1. The van der Waals surface area contributed by atoms with Gasteiger partial charge in [0.1, 0.15) is 17.5 Å². The van der Waals surface area contributed by atoms with Crippen molar-refractivity contribution in [2.45, 2.75) is 38.1 Å². The van der Waals surface area contributed by atoms with Crippen molar-refractivity contribution in [3.05, 3.63) is 46.0 Å². The summed E-state index contributed by atoms with van der Waals surface area (Å²) in [6.45, 7) is 7.91. The highest BCUT2D eigenvalue weighted by Crippen LogP contribution is 2.32. The molecule has 36 heavy (non-hydrogen) atoms. The Bertz CT molecular complexity index is 1280. The molecule has 3 aromatic rings. The summed E-state index contributed by atoms with van der Waals surface area (Å²) in [5.74, 6) is 2.55. The lowest BCUT2D eigenvalue weighted by molar-refractivity contribution is 0.0832.